The monoisotopic (exact) mass is 172 g/mol. The van der Waals surface area contributed by atoms with E-state index in [1.165, 1.54) is 16.5 Å². The van der Waals surface area contributed by atoms with Gasteiger partial charge in [0.15, 0.2) is 0 Å². The molecule has 0 aliphatic carbocycles. The number of nitrogens with one attached hydrogen (secondary N) is 1. The number of hydrogen-bond acceptors (Lipinski definition) is 0. The number of benzene rings is 1. The molecule has 0 aliphatic heterocycles. The van der Waals surface area contributed by atoms with Gasteiger partial charge in [-0.3, -0.25) is 0 Å². The molecule has 0 aliphatic rings. The maximum absolute atomic E-state index is 3.18. The third-order valence-corrected chi connectivity index (χ3v) is 2.18. The Labute approximate surface area is 78.8 Å². The fraction of sp³-hybridized carbons (Fsp3) is 0.333. The van der Waals surface area contributed by atoms with Crippen LogP contribution in [-0.4, -0.2) is 4.98 Å². The highest BCUT2D eigenvalue weighted by Crippen LogP contribution is 2.15. The molecule has 0 amide bonds. The fourth-order valence-electron chi connectivity index (χ4n) is 1.63. The molecule has 1 nitrogen and oxygen atoms in total. The number of rotatable bonds is 2. The van der Waals surface area contributed by atoms with Gasteiger partial charge in [0.1, 0.15) is 0 Å². The van der Waals surface area contributed by atoms with Crippen LogP contribution in [0.1, 0.15) is 19.4 Å². The number of fused-ring (bicyclic) bond motifs is 1. The van der Waals surface area contributed by atoms with Gasteiger partial charge in [0.2, 0.25) is 0 Å². The smallest absolute Gasteiger partial charge is 0.0463 e. The Balaban J connectivity index is 2.37. The summed E-state index contributed by atoms with van der Waals surface area (Å²) in [4.78, 5) is 3.18. The molecule has 0 spiro atoms. The van der Waals surface area contributed by atoms with Crippen LogP contribution >= 0.6 is 0 Å². The van der Waals surface area contributed by atoms with Crippen molar-refractivity contribution in [2.45, 2.75) is 20.3 Å². The van der Waals surface area contributed by atoms with E-state index in [0.717, 1.165) is 12.3 Å². The molecule has 0 unspecified atom stereocenters. The first-order chi connectivity index (χ1) is 6.25. The maximum atomic E-state index is 3.18. The van der Waals surface area contributed by atoms with Crippen molar-refractivity contribution in [3.05, 3.63) is 36.0 Å². The van der Waals surface area contributed by atoms with E-state index in [9.17, 15) is 0 Å². The van der Waals surface area contributed by atoms with Gasteiger partial charge in [-0.15, -0.1) is 0 Å². The van der Waals surface area contributed by atoms with Crippen LogP contribution in [0.3, 0.4) is 0 Å². The minimum atomic E-state index is 0.719. The highest BCUT2D eigenvalue weighted by atomic mass is 14.7. The summed E-state index contributed by atoms with van der Waals surface area (Å²) in [5.74, 6) is 0.719. The summed E-state index contributed by atoms with van der Waals surface area (Å²) in [6.07, 6.45) is 3.01. The van der Waals surface area contributed by atoms with Crippen LogP contribution in [0.25, 0.3) is 10.9 Å². The molecule has 0 saturated carbocycles. The van der Waals surface area contributed by atoms with E-state index in [1.54, 1.807) is 0 Å². The SMILES string of the molecule is CC(C)Cc1ccc2[c]c[nH]c2c1. The van der Waals surface area contributed by atoms with Crippen LogP contribution in [-0.2, 0) is 6.42 Å². The van der Waals surface area contributed by atoms with Crippen LogP contribution in [0.15, 0.2) is 24.4 Å². The lowest BCUT2D eigenvalue weighted by Gasteiger charge is -2.04. The van der Waals surface area contributed by atoms with Gasteiger partial charge in [-0.1, -0.05) is 26.0 Å². The van der Waals surface area contributed by atoms with Gasteiger partial charge in [-0.2, -0.15) is 0 Å². The van der Waals surface area contributed by atoms with E-state index in [-0.39, 0.29) is 0 Å². The number of H-pyrrole nitrogens is 1. The minimum absolute atomic E-state index is 0.719. The summed E-state index contributed by atoms with van der Waals surface area (Å²) in [5.41, 5.74) is 2.59. The first-order valence-corrected chi connectivity index (χ1v) is 4.73. The molecular weight excluding hydrogens is 158 g/mol. The zero-order valence-corrected chi connectivity index (χ0v) is 8.09. The number of aromatic nitrogens is 1. The van der Waals surface area contributed by atoms with E-state index < -0.39 is 0 Å². The first-order valence-electron chi connectivity index (χ1n) is 4.73. The Kier molecular flexibility index (Phi) is 2.09. The molecular formula is C12H14N. The number of hydrogen-bond donors (Lipinski definition) is 1. The average Bonchev–Trinajstić information content (AvgIpc) is 2.49. The second kappa shape index (κ2) is 3.25. The van der Waals surface area contributed by atoms with Gasteiger partial charge < -0.3 is 4.98 Å². The van der Waals surface area contributed by atoms with Gasteiger partial charge >= 0.3 is 0 Å². The van der Waals surface area contributed by atoms with E-state index in [1.807, 2.05) is 6.20 Å². The molecule has 1 aromatic heterocycles. The molecule has 2 rings (SSSR count). The van der Waals surface area contributed by atoms with Crippen molar-refractivity contribution >= 4 is 10.9 Å². The lowest BCUT2D eigenvalue weighted by Crippen LogP contribution is -1.93. The van der Waals surface area contributed by atoms with E-state index in [0.29, 0.717) is 0 Å². The largest absolute Gasteiger partial charge is 0.361 e. The van der Waals surface area contributed by atoms with Crippen molar-refractivity contribution < 1.29 is 0 Å². The molecule has 1 heteroatoms. The molecule has 2 aromatic rings. The van der Waals surface area contributed by atoms with Crippen molar-refractivity contribution in [1.29, 1.82) is 0 Å². The molecule has 67 valence electrons. The lowest BCUT2D eigenvalue weighted by molar-refractivity contribution is 0.648. The van der Waals surface area contributed by atoms with Gasteiger partial charge in [0.25, 0.3) is 0 Å². The average molecular weight is 172 g/mol. The van der Waals surface area contributed by atoms with E-state index in [2.05, 4.69) is 43.1 Å². The standard InChI is InChI=1S/C12H14N/c1-9(2)7-10-3-4-11-5-6-13-12(11)8-10/h3-4,6,8-9,13H,7H2,1-2H3. The summed E-state index contributed by atoms with van der Waals surface area (Å²) < 4.78 is 0. The third kappa shape index (κ3) is 1.74. The second-order valence-corrected chi connectivity index (χ2v) is 3.91. The molecule has 1 aromatic carbocycles. The predicted molar refractivity (Wildman–Crippen MR) is 55.7 cm³/mol. The quantitative estimate of drug-likeness (QED) is 0.716. The van der Waals surface area contributed by atoms with Gasteiger partial charge in [0, 0.05) is 23.2 Å². The Hall–Kier alpha value is -1.24. The summed E-state index contributed by atoms with van der Waals surface area (Å²) in [6.45, 7) is 4.48. The van der Waals surface area contributed by atoms with Crippen LogP contribution in [0.4, 0.5) is 0 Å². The minimum Gasteiger partial charge on any atom is -0.361 e. The molecule has 13 heavy (non-hydrogen) atoms. The van der Waals surface area contributed by atoms with Gasteiger partial charge in [0.05, 0.1) is 0 Å². The molecule has 0 fully saturated rings. The molecule has 0 atom stereocenters. The van der Waals surface area contributed by atoms with E-state index >= 15 is 0 Å². The Bertz CT molecular complexity index is 398. The van der Waals surface area contributed by atoms with Crippen molar-refractivity contribution in [3.63, 3.8) is 0 Å². The zero-order valence-electron chi connectivity index (χ0n) is 8.09. The summed E-state index contributed by atoms with van der Waals surface area (Å²) in [6, 6.07) is 9.67. The second-order valence-electron chi connectivity index (χ2n) is 3.91. The fourth-order valence-corrected chi connectivity index (χ4v) is 1.63. The normalized spacial score (nSPS) is 11.3. The maximum Gasteiger partial charge on any atom is 0.0463 e. The highest BCUT2D eigenvalue weighted by Gasteiger charge is 1.99. The van der Waals surface area contributed by atoms with Gasteiger partial charge in [-0.25, -0.2) is 0 Å². The molecule has 0 saturated heterocycles. The zero-order chi connectivity index (χ0) is 9.26. The van der Waals surface area contributed by atoms with Crippen LogP contribution < -0.4 is 0 Å². The Morgan fingerprint density at radius 3 is 3.00 bits per heavy atom. The van der Waals surface area contributed by atoms with Crippen LogP contribution in [0.2, 0.25) is 0 Å². The highest BCUT2D eigenvalue weighted by molar-refractivity contribution is 5.79. The summed E-state index contributed by atoms with van der Waals surface area (Å²) in [5, 5.41) is 1.17. The van der Waals surface area contributed by atoms with Crippen molar-refractivity contribution in [1.82, 2.24) is 4.98 Å². The molecule has 1 heterocycles. The summed E-state index contributed by atoms with van der Waals surface area (Å²) in [7, 11) is 0. The summed E-state index contributed by atoms with van der Waals surface area (Å²) >= 11 is 0. The molecule has 1 N–H and O–H groups in total. The lowest BCUT2D eigenvalue weighted by atomic mass is 10.0. The number of aromatic amines is 1. The van der Waals surface area contributed by atoms with Crippen LogP contribution in [0.5, 0.6) is 0 Å². The van der Waals surface area contributed by atoms with Gasteiger partial charge in [-0.05, 0) is 24.0 Å². The Morgan fingerprint density at radius 1 is 1.38 bits per heavy atom. The first kappa shape index (κ1) is 8.36. The third-order valence-electron chi connectivity index (χ3n) is 2.18. The van der Waals surface area contributed by atoms with Crippen LogP contribution in [0, 0.1) is 12.0 Å². The van der Waals surface area contributed by atoms with Crippen molar-refractivity contribution in [2.24, 2.45) is 5.92 Å². The van der Waals surface area contributed by atoms with Crippen molar-refractivity contribution in [3.8, 4) is 0 Å². The topological polar surface area (TPSA) is 15.8 Å². The Morgan fingerprint density at radius 2 is 2.23 bits per heavy atom. The molecule has 1 radical (unpaired) electrons. The van der Waals surface area contributed by atoms with Crippen molar-refractivity contribution in [2.75, 3.05) is 0 Å². The molecule has 0 bridgehead atoms. The van der Waals surface area contributed by atoms with E-state index in [4.69, 9.17) is 0 Å². The predicted octanol–water partition coefficient (Wildman–Crippen LogP) is 3.17.